The molecule has 0 amide bonds. The van der Waals surface area contributed by atoms with Gasteiger partial charge in [0.25, 0.3) is 5.56 Å². The largest absolute Gasteiger partial charge is 0.485 e. The van der Waals surface area contributed by atoms with Gasteiger partial charge in [-0.15, -0.1) is 0 Å². The molecule has 38 heavy (non-hydrogen) atoms. The van der Waals surface area contributed by atoms with E-state index >= 15 is 8.78 Å². The minimum Gasteiger partial charge on any atom is -0.485 e. The van der Waals surface area contributed by atoms with E-state index in [2.05, 4.69) is 15.1 Å². The van der Waals surface area contributed by atoms with Gasteiger partial charge in [0, 0.05) is 36.7 Å². The van der Waals surface area contributed by atoms with Crippen LogP contribution in [0.15, 0.2) is 47.4 Å². The molecule has 0 unspecified atom stereocenters. The molecule has 0 spiro atoms. The average molecular weight is 518 g/mol. The second kappa shape index (κ2) is 10.7. The molecule has 2 aromatic carbocycles. The number of rotatable bonds is 7. The van der Waals surface area contributed by atoms with Gasteiger partial charge in [-0.1, -0.05) is 6.07 Å². The van der Waals surface area contributed by atoms with Crippen molar-refractivity contribution < 1.29 is 18.3 Å². The quantitative estimate of drug-likeness (QED) is 0.273. The second-order valence-corrected chi connectivity index (χ2v) is 9.03. The fraction of sp³-hybridized carbons (Fsp3) is 0.286. The normalized spacial score (nSPS) is 15.1. The Labute approximate surface area is 217 Å². The summed E-state index contributed by atoms with van der Waals surface area (Å²) in [4.78, 5) is 26.8. The molecule has 0 bridgehead atoms. The number of ether oxygens (including phenoxy) is 2. The Morgan fingerprint density at radius 2 is 1.97 bits per heavy atom. The Bertz CT molecular complexity index is 1580. The number of halogens is 2. The van der Waals surface area contributed by atoms with Gasteiger partial charge in [-0.2, -0.15) is 0 Å². The minimum absolute atomic E-state index is 0.0195. The molecule has 1 atom stereocenters. The Kier molecular flexibility index (Phi) is 7.13. The highest BCUT2D eigenvalue weighted by Crippen LogP contribution is 2.34. The minimum atomic E-state index is -0.949. The van der Waals surface area contributed by atoms with E-state index in [1.807, 2.05) is 19.1 Å². The fourth-order valence-electron chi connectivity index (χ4n) is 4.63. The van der Waals surface area contributed by atoms with Crippen molar-refractivity contribution in [2.75, 3.05) is 26.9 Å². The smallest absolute Gasteiger partial charge is 0.264 e. The van der Waals surface area contributed by atoms with E-state index in [-0.39, 0.29) is 36.0 Å². The molecule has 1 saturated heterocycles. The fourth-order valence-corrected chi connectivity index (χ4v) is 4.63. The average Bonchev–Trinajstić information content (AvgIpc) is 3.45. The van der Waals surface area contributed by atoms with Crippen LogP contribution in [0.2, 0.25) is 0 Å². The van der Waals surface area contributed by atoms with Crippen LogP contribution in [0.25, 0.3) is 32.6 Å². The number of nitrogens with one attached hydrogen (secondary N) is 1. The lowest BCUT2D eigenvalue weighted by molar-refractivity contribution is 0.141. The molecule has 1 aliphatic rings. The van der Waals surface area contributed by atoms with E-state index in [1.54, 1.807) is 12.3 Å². The molecule has 2 aromatic heterocycles. The third-order valence-electron chi connectivity index (χ3n) is 6.48. The molecule has 0 saturated carbocycles. The number of methoxy groups -OCH3 is 1. The maximum absolute atomic E-state index is 15.0. The second-order valence-electron chi connectivity index (χ2n) is 9.03. The Balaban J connectivity index is 1.77. The van der Waals surface area contributed by atoms with Crippen LogP contribution in [0.1, 0.15) is 30.4 Å². The summed E-state index contributed by atoms with van der Waals surface area (Å²) >= 11 is 0. The molecule has 0 radical (unpaired) electrons. The zero-order chi connectivity index (χ0) is 26.8. The first-order valence-corrected chi connectivity index (χ1v) is 12.2. The summed E-state index contributed by atoms with van der Waals surface area (Å²) in [6.45, 7) is 10.3. The van der Waals surface area contributed by atoms with Gasteiger partial charge in [0.2, 0.25) is 0 Å². The summed E-state index contributed by atoms with van der Waals surface area (Å²) in [5, 5.41) is 3.49. The number of nitrogens with zero attached hydrogens (tertiary/aromatic N) is 4. The van der Waals surface area contributed by atoms with Crippen molar-refractivity contribution in [3.05, 3.63) is 87.5 Å². The maximum atomic E-state index is 15.0. The molecule has 1 N–H and O–H groups in total. The zero-order valence-corrected chi connectivity index (χ0v) is 20.9. The molecule has 10 heteroatoms. The lowest BCUT2D eigenvalue weighted by Crippen LogP contribution is -2.29. The monoisotopic (exact) mass is 517 g/mol. The van der Waals surface area contributed by atoms with Crippen molar-refractivity contribution in [3.63, 3.8) is 0 Å². The molecule has 194 valence electrons. The van der Waals surface area contributed by atoms with Crippen LogP contribution >= 0.6 is 0 Å². The van der Waals surface area contributed by atoms with Gasteiger partial charge in [0.1, 0.15) is 12.4 Å². The van der Waals surface area contributed by atoms with Crippen molar-refractivity contribution in [2.45, 2.75) is 25.8 Å². The lowest BCUT2D eigenvalue weighted by Gasteiger charge is -2.20. The number of aryl methyl sites for hydroxylation is 1. The molecular formula is C28H25F2N5O3. The van der Waals surface area contributed by atoms with Gasteiger partial charge >= 0.3 is 0 Å². The first kappa shape index (κ1) is 25.4. The van der Waals surface area contributed by atoms with E-state index < -0.39 is 22.9 Å². The summed E-state index contributed by atoms with van der Waals surface area (Å²) in [5.41, 5.74) is 2.20. The zero-order valence-electron chi connectivity index (χ0n) is 20.9. The van der Waals surface area contributed by atoms with Gasteiger partial charge in [0.05, 0.1) is 35.8 Å². The SMILES string of the molecule is [C-]#[N+]c1cc(-c2ccc(C)nc2)c2nc([C@H]3CCCN3)n(-c3cc(F)c(OCCOC)c(F)c3)c(=O)c2c1. The molecular weight excluding hydrogens is 492 g/mol. The van der Waals surface area contributed by atoms with Crippen molar-refractivity contribution in [1.29, 1.82) is 0 Å². The van der Waals surface area contributed by atoms with Gasteiger partial charge in [-0.25, -0.2) is 18.6 Å². The van der Waals surface area contributed by atoms with Gasteiger partial charge < -0.3 is 14.8 Å². The molecule has 3 heterocycles. The number of aromatic nitrogens is 3. The summed E-state index contributed by atoms with van der Waals surface area (Å²) in [7, 11) is 1.46. The standard InChI is InChI=1S/C28H25F2N5O3/c1-16-6-7-17(15-33-16)20-11-18(31-2)12-21-25(20)34-27(24-5-4-8-32-24)35(28(21)36)19-13-22(29)26(23(30)14-19)38-10-9-37-3/h6-7,11-15,24,32H,4-5,8-10H2,1,3H3/t24-/m1/s1. The van der Waals surface area contributed by atoms with Crippen LogP contribution in [0.5, 0.6) is 5.75 Å². The lowest BCUT2D eigenvalue weighted by atomic mass is 10.0. The van der Waals surface area contributed by atoms with Gasteiger partial charge in [0.15, 0.2) is 23.1 Å². The third-order valence-corrected chi connectivity index (χ3v) is 6.48. The maximum Gasteiger partial charge on any atom is 0.264 e. The predicted molar refractivity (Wildman–Crippen MR) is 139 cm³/mol. The van der Waals surface area contributed by atoms with Crippen LogP contribution in [-0.2, 0) is 4.74 Å². The van der Waals surface area contributed by atoms with Crippen LogP contribution < -0.4 is 15.6 Å². The third kappa shape index (κ3) is 4.74. The molecule has 1 fully saturated rings. The van der Waals surface area contributed by atoms with Crippen molar-refractivity contribution in [1.82, 2.24) is 19.9 Å². The first-order valence-electron chi connectivity index (χ1n) is 12.2. The van der Waals surface area contributed by atoms with E-state index in [0.29, 0.717) is 28.9 Å². The van der Waals surface area contributed by atoms with Crippen molar-refractivity contribution >= 4 is 16.6 Å². The van der Waals surface area contributed by atoms with Gasteiger partial charge in [-0.3, -0.25) is 14.3 Å². The Morgan fingerprint density at radius 1 is 1.18 bits per heavy atom. The number of hydrogen-bond donors (Lipinski definition) is 1. The van der Waals surface area contributed by atoms with Gasteiger partial charge in [-0.05, 0) is 50.1 Å². The number of pyridine rings is 1. The molecule has 0 aliphatic carbocycles. The molecule has 1 aliphatic heterocycles. The summed E-state index contributed by atoms with van der Waals surface area (Å²) in [6, 6.07) is 8.65. The topological polar surface area (TPSA) is 82.6 Å². The van der Waals surface area contributed by atoms with Crippen LogP contribution in [0.3, 0.4) is 0 Å². The Morgan fingerprint density at radius 3 is 2.61 bits per heavy atom. The van der Waals surface area contributed by atoms with Crippen LogP contribution in [0.4, 0.5) is 14.5 Å². The van der Waals surface area contributed by atoms with Crippen molar-refractivity contribution in [2.24, 2.45) is 0 Å². The summed E-state index contributed by atoms with van der Waals surface area (Å²) < 4.78 is 41.3. The van der Waals surface area contributed by atoms with Crippen molar-refractivity contribution in [3.8, 4) is 22.6 Å². The van der Waals surface area contributed by atoms with E-state index in [9.17, 15) is 4.79 Å². The predicted octanol–water partition coefficient (Wildman–Crippen LogP) is 5.03. The van der Waals surface area contributed by atoms with Crippen LogP contribution in [0, 0.1) is 25.1 Å². The van der Waals surface area contributed by atoms with Crippen LogP contribution in [-0.4, -0.2) is 41.4 Å². The Hall–Kier alpha value is -4.20. The first-order chi connectivity index (χ1) is 18.4. The van der Waals surface area contributed by atoms with E-state index in [1.165, 1.54) is 17.7 Å². The number of benzene rings is 2. The number of fused-ring (bicyclic) bond motifs is 1. The highest BCUT2D eigenvalue weighted by molar-refractivity contribution is 5.96. The van der Waals surface area contributed by atoms with E-state index in [0.717, 1.165) is 30.8 Å². The highest BCUT2D eigenvalue weighted by atomic mass is 19.1. The summed E-state index contributed by atoms with van der Waals surface area (Å²) in [5.74, 6) is -2.11. The molecule has 4 aromatic rings. The highest BCUT2D eigenvalue weighted by Gasteiger charge is 2.26. The molecule has 5 rings (SSSR count). The molecule has 8 nitrogen and oxygen atoms in total. The summed E-state index contributed by atoms with van der Waals surface area (Å²) in [6.07, 6.45) is 3.23. The van der Waals surface area contributed by atoms with E-state index in [4.69, 9.17) is 21.0 Å². The number of hydrogen-bond acceptors (Lipinski definition) is 6.